The van der Waals surface area contributed by atoms with Gasteiger partial charge >= 0.3 is 0 Å². The second-order valence-electron chi connectivity index (χ2n) is 6.56. The van der Waals surface area contributed by atoms with Gasteiger partial charge in [-0.1, -0.05) is 25.0 Å². The van der Waals surface area contributed by atoms with E-state index in [1.165, 1.54) is 25.7 Å². The summed E-state index contributed by atoms with van der Waals surface area (Å²) in [6.45, 7) is 5.87. The molecule has 0 aliphatic heterocycles. The van der Waals surface area contributed by atoms with Crippen molar-refractivity contribution in [2.45, 2.75) is 76.5 Å². The SMILES string of the molecule is CCNC(=NCCC1=CCCC1)NC1CCCC(S(=O)CC)C1.I. The van der Waals surface area contributed by atoms with Gasteiger partial charge in [0.2, 0.25) is 0 Å². The maximum absolute atomic E-state index is 12.1. The number of hydrogen-bond donors (Lipinski definition) is 2. The van der Waals surface area contributed by atoms with Gasteiger partial charge in [-0.15, -0.1) is 24.0 Å². The predicted octanol–water partition coefficient (Wildman–Crippen LogP) is 3.74. The third-order valence-electron chi connectivity index (χ3n) is 4.81. The third-order valence-corrected chi connectivity index (χ3v) is 6.55. The van der Waals surface area contributed by atoms with Gasteiger partial charge in [0, 0.05) is 40.9 Å². The molecule has 24 heavy (non-hydrogen) atoms. The lowest BCUT2D eigenvalue weighted by Crippen LogP contribution is -2.46. The van der Waals surface area contributed by atoms with Crippen molar-refractivity contribution in [2.75, 3.05) is 18.8 Å². The molecular weight excluding hydrogens is 433 g/mol. The van der Waals surface area contributed by atoms with E-state index >= 15 is 0 Å². The average Bonchev–Trinajstić information content (AvgIpc) is 3.08. The van der Waals surface area contributed by atoms with Gasteiger partial charge in [-0.2, -0.15) is 0 Å². The fourth-order valence-electron chi connectivity index (χ4n) is 3.54. The number of halogens is 1. The number of hydrogen-bond acceptors (Lipinski definition) is 2. The number of allylic oxidation sites excluding steroid dienone is 1. The maximum Gasteiger partial charge on any atom is 0.191 e. The van der Waals surface area contributed by atoms with E-state index in [0.717, 1.165) is 50.5 Å². The molecule has 4 nitrogen and oxygen atoms in total. The van der Waals surface area contributed by atoms with E-state index in [1.807, 2.05) is 6.92 Å². The van der Waals surface area contributed by atoms with Crippen LogP contribution in [0.1, 0.15) is 65.2 Å². The molecule has 0 amide bonds. The van der Waals surface area contributed by atoms with Gasteiger partial charge in [0.1, 0.15) is 0 Å². The Balaban J connectivity index is 0.00000288. The zero-order chi connectivity index (χ0) is 16.5. The molecule has 2 aliphatic carbocycles. The first-order chi connectivity index (χ1) is 11.2. The fourth-order valence-corrected chi connectivity index (χ4v) is 4.89. The lowest BCUT2D eigenvalue weighted by Gasteiger charge is -2.30. The van der Waals surface area contributed by atoms with Crippen molar-refractivity contribution in [1.82, 2.24) is 10.6 Å². The topological polar surface area (TPSA) is 53.5 Å². The number of rotatable bonds is 7. The lowest BCUT2D eigenvalue weighted by molar-refractivity contribution is 0.413. The summed E-state index contributed by atoms with van der Waals surface area (Å²) in [6.07, 6.45) is 11.7. The Morgan fingerprint density at radius 3 is 2.83 bits per heavy atom. The van der Waals surface area contributed by atoms with Gasteiger partial charge in [-0.05, 0) is 51.9 Å². The van der Waals surface area contributed by atoms with Crippen LogP contribution in [0.3, 0.4) is 0 Å². The van der Waals surface area contributed by atoms with Crippen LogP contribution in [0.4, 0.5) is 0 Å². The Bertz CT molecular complexity index is 454. The van der Waals surface area contributed by atoms with Gasteiger partial charge in [-0.3, -0.25) is 9.20 Å². The highest BCUT2D eigenvalue weighted by Crippen LogP contribution is 2.23. The summed E-state index contributed by atoms with van der Waals surface area (Å²) in [4.78, 5) is 4.74. The van der Waals surface area contributed by atoms with E-state index in [1.54, 1.807) is 5.57 Å². The molecule has 1 fully saturated rings. The van der Waals surface area contributed by atoms with Crippen LogP contribution in [0.25, 0.3) is 0 Å². The number of guanidine groups is 1. The molecule has 0 spiro atoms. The second kappa shape index (κ2) is 12.3. The van der Waals surface area contributed by atoms with Crippen LogP contribution in [-0.4, -0.2) is 40.3 Å². The van der Waals surface area contributed by atoms with E-state index in [4.69, 9.17) is 4.99 Å². The molecule has 3 unspecified atom stereocenters. The Labute approximate surface area is 167 Å². The maximum atomic E-state index is 12.1. The third kappa shape index (κ3) is 7.42. The monoisotopic (exact) mass is 467 g/mol. The standard InChI is InChI=1S/C18H33N3OS.HI/c1-3-19-18(20-13-12-15-8-5-6-9-15)21-16-10-7-11-17(14-16)23(22)4-2;/h8,16-17H,3-7,9-14H2,1-2H3,(H2,19,20,21);1H. The Kier molecular flexibility index (Phi) is 11.2. The largest absolute Gasteiger partial charge is 0.357 e. The molecule has 1 saturated carbocycles. The van der Waals surface area contributed by atoms with Gasteiger partial charge in [0.15, 0.2) is 5.96 Å². The molecule has 0 aromatic carbocycles. The van der Waals surface area contributed by atoms with Gasteiger partial charge in [0.25, 0.3) is 0 Å². The Morgan fingerprint density at radius 2 is 2.17 bits per heavy atom. The second-order valence-corrected chi connectivity index (χ2v) is 8.57. The van der Waals surface area contributed by atoms with E-state index in [-0.39, 0.29) is 24.0 Å². The molecule has 0 aromatic rings. The first-order valence-corrected chi connectivity index (χ1v) is 10.7. The van der Waals surface area contributed by atoms with Crippen LogP contribution in [0.5, 0.6) is 0 Å². The molecule has 0 aromatic heterocycles. The fraction of sp³-hybridized carbons (Fsp3) is 0.833. The Hall–Kier alpha value is -0.110. The quantitative estimate of drug-likeness (QED) is 0.260. The molecule has 2 aliphatic rings. The van der Waals surface area contributed by atoms with Crippen LogP contribution in [0.2, 0.25) is 0 Å². The summed E-state index contributed by atoms with van der Waals surface area (Å²) >= 11 is 0. The summed E-state index contributed by atoms with van der Waals surface area (Å²) in [7, 11) is -0.668. The smallest absolute Gasteiger partial charge is 0.191 e. The van der Waals surface area contributed by atoms with Crippen molar-refractivity contribution in [2.24, 2.45) is 4.99 Å². The minimum Gasteiger partial charge on any atom is -0.357 e. The summed E-state index contributed by atoms with van der Waals surface area (Å²) in [5.41, 5.74) is 1.57. The van der Waals surface area contributed by atoms with Crippen LogP contribution >= 0.6 is 24.0 Å². The number of aliphatic imine (C=N–C) groups is 1. The summed E-state index contributed by atoms with van der Waals surface area (Å²) in [5.74, 6) is 1.71. The van der Waals surface area contributed by atoms with Gasteiger partial charge < -0.3 is 10.6 Å². The minimum absolute atomic E-state index is 0. The van der Waals surface area contributed by atoms with Crippen LogP contribution in [0.15, 0.2) is 16.6 Å². The van der Waals surface area contributed by atoms with Gasteiger partial charge in [-0.25, -0.2) is 0 Å². The van der Waals surface area contributed by atoms with E-state index in [2.05, 4.69) is 23.6 Å². The van der Waals surface area contributed by atoms with Gasteiger partial charge in [0.05, 0.1) is 0 Å². The molecule has 6 heteroatoms. The first kappa shape index (κ1) is 21.9. The molecule has 0 saturated heterocycles. The highest BCUT2D eigenvalue weighted by atomic mass is 127. The molecular formula is C18H34IN3OS. The van der Waals surface area contributed by atoms with Crippen molar-refractivity contribution in [1.29, 1.82) is 0 Å². The molecule has 0 bridgehead atoms. The van der Waals surface area contributed by atoms with Crippen molar-refractivity contribution < 1.29 is 4.21 Å². The van der Waals surface area contributed by atoms with E-state index in [9.17, 15) is 4.21 Å². The predicted molar refractivity (Wildman–Crippen MR) is 116 cm³/mol. The van der Waals surface area contributed by atoms with Crippen molar-refractivity contribution in [3.8, 4) is 0 Å². The molecule has 0 heterocycles. The van der Waals surface area contributed by atoms with Crippen LogP contribution in [-0.2, 0) is 10.8 Å². The highest BCUT2D eigenvalue weighted by molar-refractivity contribution is 14.0. The lowest BCUT2D eigenvalue weighted by atomic mass is 9.95. The number of nitrogens with zero attached hydrogens (tertiary/aromatic N) is 1. The van der Waals surface area contributed by atoms with Crippen molar-refractivity contribution in [3.05, 3.63) is 11.6 Å². The molecule has 140 valence electrons. The highest BCUT2D eigenvalue weighted by Gasteiger charge is 2.25. The van der Waals surface area contributed by atoms with Crippen LogP contribution in [0, 0.1) is 0 Å². The molecule has 3 atom stereocenters. The Morgan fingerprint density at radius 1 is 1.33 bits per heavy atom. The number of nitrogens with one attached hydrogen (secondary N) is 2. The summed E-state index contributed by atoms with van der Waals surface area (Å²) in [5, 5.41) is 7.29. The first-order valence-electron chi connectivity index (χ1n) is 9.32. The van der Waals surface area contributed by atoms with E-state index in [0.29, 0.717) is 11.3 Å². The molecule has 0 radical (unpaired) electrons. The normalized spacial score (nSPS) is 25.6. The van der Waals surface area contributed by atoms with Crippen LogP contribution < -0.4 is 10.6 Å². The average molecular weight is 467 g/mol. The minimum atomic E-state index is -0.668. The summed E-state index contributed by atoms with van der Waals surface area (Å²) < 4.78 is 12.1. The molecule has 2 rings (SSSR count). The zero-order valence-corrected chi connectivity index (χ0v) is 18.3. The van der Waals surface area contributed by atoms with Crippen molar-refractivity contribution in [3.63, 3.8) is 0 Å². The molecule has 2 N–H and O–H groups in total. The van der Waals surface area contributed by atoms with Crippen molar-refractivity contribution >= 4 is 40.7 Å². The van der Waals surface area contributed by atoms with E-state index < -0.39 is 10.8 Å². The summed E-state index contributed by atoms with van der Waals surface area (Å²) in [6, 6.07) is 0.410. The zero-order valence-electron chi connectivity index (χ0n) is 15.2.